The third kappa shape index (κ3) is 4.80. The fourth-order valence-electron chi connectivity index (χ4n) is 3.48. The predicted molar refractivity (Wildman–Crippen MR) is 93.6 cm³/mol. The topological polar surface area (TPSA) is 25.4 Å². The molecule has 23 heavy (non-hydrogen) atoms. The Hall–Kier alpha value is -1.87. The minimum Gasteiger partial charge on any atom is -0.497 e. The van der Waals surface area contributed by atoms with Gasteiger partial charge in [-0.3, -0.25) is 9.88 Å². The zero-order valence-electron chi connectivity index (χ0n) is 13.9. The van der Waals surface area contributed by atoms with Gasteiger partial charge in [-0.2, -0.15) is 0 Å². The van der Waals surface area contributed by atoms with Crippen LogP contribution in [0.15, 0.2) is 48.8 Å². The van der Waals surface area contributed by atoms with Crippen LogP contribution in [0.1, 0.15) is 30.4 Å². The van der Waals surface area contributed by atoms with Gasteiger partial charge in [0, 0.05) is 25.5 Å². The number of piperidine rings is 1. The van der Waals surface area contributed by atoms with Crippen molar-refractivity contribution < 1.29 is 4.74 Å². The number of nitrogens with zero attached hydrogens (tertiary/aromatic N) is 2. The van der Waals surface area contributed by atoms with Crippen molar-refractivity contribution in [3.8, 4) is 5.75 Å². The molecule has 0 saturated carbocycles. The molecule has 1 aliphatic heterocycles. The van der Waals surface area contributed by atoms with Gasteiger partial charge in [-0.1, -0.05) is 12.1 Å². The zero-order valence-corrected chi connectivity index (χ0v) is 13.9. The minimum atomic E-state index is 0.803. The molecule has 122 valence electrons. The number of methoxy groups -OCH3 is 1. The number of benzene rings is 1. The smallest absolute Gasteiger partial charge is 0.119 e. The van der Waals surface area contributed by atoms with Gasteiger partial charge in [-0.15, -0.1) is 0 Å². The summed E-state index contributed by atoms with van der Waals surface area (Å²) in [7, 11) is 1.73. The van der Waals surface area contributed by atoms with Crippen LogP contribution < -0.4 is 4.74 Å². The van der Waals surface area contributed by atoms with E-state index in [1.54, 1.807) is 7.11 Å². The molecule has 3 heteroatoms. The average Bonchev–Trinajstić information content (AvgIpc) is 2.61. The highest BCUT2D eigenvalue weighted by atomic mass is 16.5. The molecule has 3 rings (SSSR count). The van der Waals surface area contributed by atoms with Gasteiger partial charge >= 0.3 is 0 Å². The summed E-state index contributed by atoms with van der Waals surface area (Å²) in [5.74, 6) is 1.77. The Bertz CT molecular complexity index is 600. The first kappa shape index (κ1) is 16.0. The lowest BCUT2D eigenvalue weighted by molar-refractivity contribution is 0.162. The van der Waals surface area contributed by atoms with E-state index in [4.69, 9.17) is 4.74 Å². The van der Waals surface area contributed by atoms with Crippen LogP contribution in [0.25, 0.3) is 0 Å². The number of ether oxygens (including phenoxy) is 1. The van der Waals surface area contributed by atoms with E-state index in [9.17, 15) is 0 Å². The summed E-state index contributed by atoms with van der Waals surface area (Å²) in [5, 5.41) is 0. The van der Waals surface area contributed by atoms with Gasteiger partial charge in [0.25, 0.3) is 0 Å². The number of aromatic nitrogens is 1. The second kappa shape index (κ2) is 8.11. The van der Waals surface area contributed by atoms with Crippen LogP contribution in [-0.4, -0.2) is 30.1 Å². The van der Waals surface area contributed by atoms with Gasteiger partial charge in [0.15, 0.2) is 0 Å². The molecule has 2 aromatic rings. The van der Waals surface area contributed by atoms with Crippen LogP contribution >= 0.6 is 0 Å². The van der Waals surface area contributed by atoms with Crippen molar-refractivity contribution in [2.75, 3.05) is 20.2 Å². The zero-order chi connectivity index (χ0) is 15.9. The van der Waals surface area contributed by atoms with E-state index in [2.05, 4.69) is 40.2 Å². The maximum Gasteiger partial charge on any atom is 0.119 e. The SMILES string of the molecule is COc1cccc(CCC2CCCN(Cc3ccncc3)C2)c1. The van der Waals surface area contributed by atoms with Gasteiger partial charge in [-0.25, -0.2) is 0 Å². The lowest BCUT2D eigenvalue weighted by Gasteiger charge is -2.32. The Labute approximate surface area is 139 Å². The van der Waals surface area contributed by atoms with Crippen molar-refractivity contribution in [1.29, 1.82) is 0 Å². The first-order chi connectivity index (χ1) is 11.3. The number of hydrogen-bond donors (Lipinski definition) is 0. The molecule has 1 unspecified atom stereocenters. The fourth-order valence-corrected chi connectivity index (χ4v) is 3.48. The quantitative estimate of drug-likeness (QED) is 0.808. The molecule has 0 bridgehead atoms. The van der Waals surface area contributed by atoms with Crippen molar-refractivity contribution in [2.45, 2.75) is 32.2 Å². The average molecular weight is 310 g/mol. The molecule has 3 nitrogen and oxygen atoms in total. The Morgan fingerprint density at radius 1 is 1.17 bits per heavy atom. The van der Waals surface area contributed by atoms with Gasteiger partial charge < -0.3 is 4.74 Å². The molecule has 2 heterocycles. The van der Waals surface area contributed by atoms with Gasteiger partial charge in [-0.05, 0) is 73.5 Å². The van der Waals surface area contributed by atoms with Crippen molar-refractivity contribution >= 4 is 0 Å². The summed E-state index contributed by atoms with van der Waals surface area (Å²) in [6.45, 7) is 3.49. The maximum absolute atomic E-state index is 5.32. The highest BCUT2D eigenvalue weighted by Crippen LogP contribution is 2.23. The van der Waals surface area contributed by atoms with Crippen molar-refractivity contribution in [1.82, 2.24) is 9.88 Å². The normalized spacial score (nSPS) is 18.7. The van der Waals surface area contributed by atoms with Crippen LogP contribution in [0.2, 0.25) is 0 Å². The second-order valence-corrected chi connectivity index (χ2v) is 6.49. The highest BCUT2D eigenvalue weighted by Gasteiger charge is 2.19. The Kier molecular flexibility index (Phi) is 5.65. The van der Waals surface area contributed by atoms with E-state index < -0.39 is 0 Å². The number of rotatable bonds is 6. The minimum absolute atomic E-state index is 0.803. The van der Waals surface area contributed by atoms with Crippen LogP contribution in [0, 0.1) is 5.92 Å². The second-order valence-electron chi connectivity index (χ2n) is 6.49. The predicted octanol–water partition coefficient (Wildman–Crippen LogP) is 3.94. The summed E-state index contributed by atoms with van der Waals surface area (Å²) in [6, 6.07) is 12.7. The number of aryl methyl sites for hydroxylation is 1. The van der Waals surface area contributed by atoms with Gasteiger partial charge in [0.2, 0.25) is 0 Å². The number of pyridine rings is 1. The van der Waals surface area contributed by atoms with Crippen molar-refractivity contribution in [2.24, 2.45) is 5.92 Å². The van der Waals surface area contributed by atoms with Crippen LogP contribution in [0.5, 0.6) is 5.75 Å². The van der Waals surface area contributed by atoms with Gasteiger partial charge in [0.1, 0.15) is 5.75 Å². The van der Waals surface area contributed by atoms with E-state index in [0.717, 1.165) is 24.6 Å². The Balaban J connectivity index is 1.50. The van der Waals surface area contributed by atoms with Crippen molar-refractivity contribution in [3.63, 3.8) is 0 Å². The standard InChI is InChI=1S/C20H26N2O/c1-23-20-6-2-4-17(14-20)7-8-18-5-3-13-22(15-18)16-19-9-11-21-12-10-19/h2,4,6,9-12,14,18H,3,5,7-8,13,15-16H2,1H3. The molecule has 0 radical (unpaired) electrons. The molecule has 0 amide bonds. The molecule has 1 saturated heterocycles. The summed E-state index contributed by atoms with van der Waals surface area (Å²) < 4.78 is 5.32. The summed E-state index contributed by atoms with van der Waals surface area (Å²) >= 11 is 0. The van der Waals surface area contributed by atoms with E-state index in [-0.39, 0.29) is 0 Å². The van der Waals surface area contributed by atoms with Crippen molar-refractivity contribution in [3.05, 3.63) is 59.9 Å². The number of likely N-dealkylation sites (tertiary alicyclic amines) is 1. The first-order valence-corrected chi connectivity index (χ1v) is 8.57. The largest absolute Gasteiger partial charge is 0.497 e. The van der Waals surface area contributed by atoms with E-state index in [0.29, 0.717) is 0 Å². The molecule has 0 N–H and O–H groups in total. The Morgan fingerprint density at radius 3 is 2.87 bits per heavy atom. The molecular formula is C20H26N2O. The van der Waals surface area contributed by atoms with E-state index >= 15 is 0 Å². The monoisotopic (exact) mass is 310 g/mol. The lowest BCUT2D eigenvalue weighted by atomic mass is 9.91. The lowest BCUT2D eigenvalue weighted by Crippen LogP contribution is -2.35. The maximum atomic E-state index is 5.32. The molecule has 1 aromatic carbocycles. The first-order valence-electron chi connectivity index (χ1n) is 8.57. The molecular weight excluding hydrogens is 284 g/mol. The molecule has 1 aliphatic rings. The fraction of sp³-hybridized carbons (Fsp3) is 0.450. The third-order valence-corrected chi connectivity index (χ3v) is 4.73. The summed E-state index contributed by atoms with van der Waals surface area (Å²) in [5.41, 5.74) is 2.75. The highest BCUT2D eigenvalue weighted by molar-refractivity contribution is 5.28. The van der Waals surface area contributed by atoms with Crippen LogP contribution in [-0.2, 0) is 13.0 Å². The van der Waals surface area contributed by atoms with Crippen LogP contribution in [0.4, 0.5) is 0 Å². The summed E-state index contributed by atoms with van der Waals surface area (Å²) in [4.78, 5) is 6.69. The van der Waals surface area contributed by atoms with E-state index in [1.807, 2.05) is 18.5 Å². The molecule has 1 aromatic heterocycles. The third-order valence-electron chi connectivity index (χ3n) is 4.73. The molecule has 1 atom stereocenters. The van der Waals surface area contributed by atoms with E-state index in [1.165, 1.54) is 43.5 Å². The van der Waals surface area contributed by atoms with Gasteiger partial charge in [0.05, 0.1) is 7.11 Å². The molecule has 0 aliphatic carbocycles. The number of hydrogen-bond acceptors (Lipinski definition) is 3. The Morgan fingerprint density at radius 2 is 2.04 bits per heavy atom. The summed E-state index contributed by atoms with van der Waals surface area (Å²) in [6.07, 6.45) is 8.86. The molecule has 1 fully saturated rings. The van der Waals surface area contributed by atoms with Crippen LogP contribution in [0.3, 0.4) is 0 Å². The molecule has 0 spiro atoms.